The second-order valence-electron chi connectivity index (χ2n) is 3.89. The number of aliphatic hydroxyl groups is 1. The van der Waals surface area contributed by atoms with Crippen molar-refractivity contribution in [3.05, 3.63) is 18.0 Å². The fraction of sp³-hybridized carbons (Fsp3) is 0.600. The zero-order chi connectivity index (χ0) is 11.6. The van der Waals surface area contributed by atoms with E-state index in [0.717, 1.165) is 0 Å². The summed E-state index contributed by atoms with van der Waals surface area (Å²) in [6, 6.07) is 1.56. The third-order valence-electron chi connectivity index (χ3n) is 2.54. The molecule has 4 nitrogen and oxygen atoms in total. The van der Waals surface area contributed by atoms with Crippen molar-refractivity contribution in [3.8, 4) is 0 Å². The number of hydrogen-bond donors (Lipinski definition) is 1. The molecule has 2 heterocycles. The predicted octanol–water partition coefficient (Wildman–Crippen LogP) is 1.20. The standard InChI is InChI=1S/C10H13F2N3O/c11-10(12)3-1-5-15(7-10)9-13-4-2-8(6-16)14-9/h2,4,16H,1,3,5-7H2. The summed E-state index contributed by atoms with van der Waals surface area (Å²) in [5, 5.41) is 8.91. The minimum absolute atomic E-state index is 0.0802. The van der Waals surface area contributed by atoms with Crippen LogP contribution in [0.5, 0.6) is 0 Å². The molecular weight excluding hydrogens is 216 g/mol. The first-order valence-electron chi connectivity index (χ1n) is 5.16. The molecule has 6 heteroatoms. The van der Waals surface area contributed by atoms with Crippen molar-refractivity contribution < 1.29 is 13.9 Å². The Morgan fingerprint density at radius 2 is 2.31 bits per heavy atom. The van der Waals surface area contributed by atoms with Crippen LogP contribution in [0.25, 0.3) is 0 Å². The van der Waals surface area contributed by atoms with Gasteiger partial charge < -0.3 is 10.0 Å². The van der Waals surface area contributed by atoms with Gasteiger partial charge in [-0.25, -0.2) is 18.7 Å². The Bertz CT molecular complexity index is 373. The Hall–Kier alpha value is -1.30. The van der Waals surface area contributed by atoms with E-state index in [9.17, 15) is 8.78 Å². The molecule has 1 aromatic rings. The summed E-state index contributed by atoms with van der Waals surface area (Å²) < 4.78 is 26.4. The number of halogens is 2. The quantitative estimate of drug-likeness (QED) is 0.828. The van der Waals surface area contributed by atoms with E-state index in [1.807, 2.05) is 0 Å². The summed E-state index contributed by atoms with van der Waals surface area (Å²) >= 11 is 0. The highest BCUT2D eigenvalue weighted by molar-refractivity contribution is 5.31. The zero-order valence-corrected chi connectivity index (χ0v) is 8.74. The third kappa shape index (κ3) is 2.44. The molecule has 1 aliphatic rings. The van der Waals surface area contributed by atoms with Crippen molar-refractivity contribution in [2.24, 2.45) is 0 Å². The first-order valence-corrected chi connectivity index (χ1v) is 5.16. The lowest BCUT2D eigenvalue weighted by Gasteiger charge is -2.32. The Balaban J connectivity index is 2.16. The highest BCUT2D eigenvalue weighted by atomic mass is 19.3. The van der Waals surface area contributed by atoms with Gasteiger partial charge in [0.15, 0.2) is 0 Å². The van der Waals surface area contributed by atoms with Crippen LogP contribution in [0.4, 0.5) is 14.7 Å². The number of nitrogens with zero attached hydrogens (tertiary/aromatic N) is 3. The summed E-state index contributed by atoms with van der Waals surface area (Å²) in [6.45, 7) is -0.0217. The van der Waals surface area contributed by atoms with Crippen LogP contribution >= 0.6 is 0 Å². The van der Waals surface area contributed by atoms with E-state index in [4.69, 9.17) is 5.11 Å². The number of aromatic nitrogens is 2. The van der Waals surface area contributed by atoms with Crippen molar-refractivity contribution >= 4 is 5.95 Å². The molecule has 88 valence electrons. The molecular formula is C10H13F2N3O. The molecule has 1 N–H and O–H groups in total. The summed E-state index contributed by atoms with van der Waals surface area (Å²) in [4.78, 5) is 9.42. The van der Waals surface area contributed by atoms with Crippen molar-refractivity contribution in [3.63, 3.8) is 0 Å². The maximum absolute atomic E-state index is 13.2. The monoisotopic (exact) mass is 229 g/mol. The van der Waals surface area contributed by atoms with E-state index < -0.39 is 5.92 Å². The Kier molecular flexibility index (Phi) is 3.00. The molecule has 0 atom stereocenters. The lowest BCUT2D eigenvalue weighted by atomic mass is 10.1. The minimum atomic E-state index is -2.67. The van der Waals surface area contributed by atoms with E-state index in [-0.39, 0.29) is 25.5 Å². The molecule has 0 aromatic carbocycles. The van der Waals surface area contributed by atoms with Crippen LogP contribution in [0.15, 0.2) is 12.3 Å². The maximum atomic E-state index is 13.2. The van der Waals surface area contributed by atoms with Gasteiger partial charge in [-0.05, 0) is 12.5 Å². The number of aliphatic hydroxyl groups excluding tert-OH is 1. The molecule has 16 heavy (non-hydrogen) atoms. The molecule has 0 aliphatic carbocycles. The number of rotatable bonds is 2. The molecule has 0 unspecified atom stereocenters. The molecule has 0 spiro atoms. The second kappa shape index (κ2) is 4.29. The van der Waals surface area contributed by atoms with Crippen molar-refractivity contribution in [2.45, 2.75) is 25.4 Å². The molecule has 0 bridgehead atoms. The third-order valence-corrected chi connectivity index (χ3v) is 2.54. The van der Waals surface area contributed by atoms with E-state index >= 15 is 0 Å². The first-order chi connectivity index (χ1) is 7.61. The normalized spacial score (nSPS) is 19.8. The number of hydrogen-bond acceptors (Lipinski definition) is 4. The zero-order valence-electron chi connectivity index (χ0n) is 8.74. The van der Waals surface area contributed by atoms with Crippen molar-refractivity contribution in [1.29, 1.82) is 0 Å². The average molecular weight is 229 g/mol. The van der Waals surface area contributed by atoms with Crippen LogP contribution in [-0.2, 0) is 6.61 Å². The van der Waals surface area contributed by atoms with E-state index in [1.165, 1.54) is 11.1 Å². The molecule has 1 aliphatic heterocycles. The second-order valence-corrected chi connectivity index (χ2v) is 3.89. The van der Waals surface area contributed by atoms with Gasteiger partial charge in [-0.15, -0.1) is 0 Å². The predicted molar refractivity (Wildman–Crippen MR) is 54.3 cm³/mol. The lowest BCUT2D eigenvalue weighted by molar-refractivity contribution is -0.0120. The number of piperidine rings is 1. The minimum Gasteiger partial charge on any atom is -0.390 e. The molecule has 1 saturated heterocycles. The maximum Gasteiger partial charge on any atom is 0.265 e. The van der Waals surface area contributed by atoms with Gasteiger partial charge in [0, 0.05) is 19.2 Å². The van der Waals surface area contributed by atoms with Crippen LogP contribution in [0.2, 0.25) is 0 Å². The van der Waals surface area contributed by atoms with Gasteiger partial charge in [0.05, 0.1) is 18.8 Å². The van der Waals surface area contributed by atoms with Gasteiger partial charge in [-0.1, -0.05) is 0 Å². The Labute approximate surface area is 91.9 Å². The fourth-order valence-corrected chi connectivity index (χ4v) is 1.76. The van der Waals surface area contributed by atoms with Crippen LogP contribution in [-0.4, -0.2) is 34.1 Å². The van der Waals surface area contributed by atoms with E-state index in [2.05, 4.69) is 9.97 Å². The van der Waals surface area contributed by atoms with E-state index in [1.54, 1.807) is 6.07 Å². The molecule has 0 amide bonds. The first kappa shape index (κ1) is 11.2. The van der Waals surface area contributed by atoms with Gasteiger partial charge in [0.2, 0.25) is 5.95 Å². The van der Waals surface area contributed by atoms with Gasteiger partial charge in [-0.2, -0.15) is 0 Å². The smallest absolute Gasteiger partial charge is 0.265 e. The molecule has 2 rings (SSSR count). The van der Waals surface area contributed by atoms with Crippen LogP contribution in [0.1, 0.15) is 18.5 Å². The number of anilines is 1. The number of alkyl halides is 2. The van der Waals surface area contributed by atoms with Crippen molar-refractivity contribution in [2.75, 3.05) is 18.0 Å². The molecule has 1 fully saturated rings. The average Bonchev–Trinajstić information content (AvgIpc) is 2.28. The SMILES string of the molecule is OCc1ccnc(N2CCCC(F)(F)C2)n1. The van der Waals surface area contributed by atoms with Gasteiger partial charge >= 0.3 is 0 Å². The summed E-state index contributed by atoms with van der Waals surface area (Å²) in [7, 11) is 0. The molecule has 0 radical (unpaired) electrons. The highest BCUT2D eigenvalue weighted by Crippen LogP contribution is 2.28. The van der Waals surface area contributed by atoms with Crippen LogP contribution < -0.4 is 4.90 Å². The summed E-state index contributed by atoms with van der Waals surface area (Å²) in [5.74, 6) is -2.40. The highest BCUT2D eigenvalue weighted by Gasteiger charge is 2.36. The van der Waals surface area contributed by atoms with Gasteiger partial charge in [0.1, 0.15) is 0 Å². The Morgan fingerprint density at radius 3 is 3.00 bits per heavy atom. The largest absolute Gasteiger partial charge is 0.390 e. The van der Waals surface area contributed by atoms with Gasteiger partial charge in [0.25, 0.3) is 5.92 Å². The van der Waals surface area contributed by atoms with Crippen LogP contribution in [0, 0.1) is 0 Å². The topological polar surface area (TPSA) is 49.3 Å². The van der Waals surface area contributed by atoms with Crippen LogP contribution in [0.3, 0.4) is 0 Å². The Morgan fingerprint density at radius 1 is 1.50 bits per heavy atom. The van der Waals surface area contributed by atoms with Gasteiger partial charge in [-0.3, -0.25) is 0 Å². The summed E-state index contributed by atoms with van der Waals surface area (Å²) in [5.41, 5.74) is 0.443. The molecule has 0 saturated carbocycles. The van der Waals surface area contributed by atoms with Crippen molar-refractivity contribution in [1.82, 2.24) is 9.97 Å². The lowest BCUT2D eigenvalue weighted by Crippen LogP contribution is -2.43. The fourth-order valence-electron chi connectivity index (χ4n) is 1.76. The van der Waals surface area contributed by atoms with E-state index in [0.29, 0.717) is 18.7 Å². The summed E-state index contributed by atoms with van der Waals surface area (Å²) in [6.07, 6.45) is 1.82. The molecule has 1 aromatic heterocycles.